The molecule has 2 aliphatic heterocycles. The van der Waals surface area contributed by atoms with E-state index >= 15 is 0 Å². The number of nitrogens with zero attached hydrogens (tertiary/aromatic N) is 9. The molecule has 13 nitrogen and oxygen atoms in total. The van der Waals surface area contributed by atoms with Gasteiger partial charge in [-0.1, -0.05) is 29.5 Å². The maximum Gasteiger partial charge on any atom is 0.244 e. The highest BCUT2D eigenvalue weighted by Gasteiger charge is 2.26. The zero-order valence-corrected chi connectivity index (χ0v) is 24.7. The Morgan fingerprint density at radius 2 is 1.98 bits per heavy atom. The summed E-state index contributed by atoms with van der Waals surface area (Å²) in [5.74, 6) is 0.505. The predicted octanol–water partition coefficient (Wildman–Crippen LogP) is 1.03. The fraction of sp³-hybridized carbons (Fsp3) is 0.433. The SMILES string of the molecule is C=N/C(=N\C=C(/C)c1cn(CC(=O)N2CCc3[nH]nnc3C2)nc1CN1CCN(C)C(=O)C1)NC1Cc2ccccc2C1. The third-order valence-corrected chi connectivity index (χ3v) is 8.41. The van der Waals surface area contributed by atoms with Crippen LogP contribution in [-0.2, 0) is 48.5 Å². The van der Waals surface area contributed by atoms with E-state index in [2.05, 4.69) is 66.6 Å². The van der Waals surface area contributed by atoms with Gasteiger partial charge < -0.3 is 15.1 Å². The van der Waals surface area contributed by atoms with Gasteiger partial charge in [0.05, 0.1) is 24.5 Å². The first kappa shape index (κ1) is 28.5. The van der Waals surface area contributed by atoms with Crippen LogP contribution in [0.1, 0.15) is 40.7 Å². The van der Waals surface area contributed by atoms with Crippen molar-refractivity contribution in [2.75, 3.05) is 33.2 Å². The molecule has 1 aliphatic carbocycles. The lowest BCUT2D eigenvalue weighted by Crippen LogP contribution is -2.48. The molecular formula is C30H37N11O2. The van der Waals surface area contributed by atoms with Crippen molar-refractivity contribution in [1.82, 2.24) is 45.2 Å². The third-order valence-electron chi connectivity index (χ3n) is 8.41. The molecule has 1 aromatic carbocycles. The molecule has 0 spiro atoms. The second-order valence-electron chi connectivity index (χ2n) is 11.5. The molecule has 1 fully saturated rings. The Morgan fingerprint density at radius 3 is 2.72 bits per heavy atom. The molecule has 0 unspecified atom stereocenters. The maximum atomic E-state index is 13.2. The summed E-state index contributed by atoms with van der Waals surface area (Å²) in [4.78, 5) is 40.0. The number of benzene rings is 1. The van der Waals surface area contributed by atoms with Crippen LogP contribution in [0, 0.1) is 0 Å². The Labute approximate surface area is 250 Å². The summed E-state index contributed by atoms with van der Waals surface area (Å²) in [5, 5.41) is 19.1. The van der Waals surface area contributed by atoms with E-state index < -0.39 is 0 Å². The lowest BCUT2D eigenvalue weighted by Gasteiger charge is -2.31. The Kier molecular flexibility index (Phi) is 8.14. The third kappa shape index (κ3) is 6.41. The highest BCUT2D eigenvalue weighted by molar-refractivity contribution is 5.86. The van der Waals surface area contributed by atoms with Crippen LogP contribution in [0.4, 0.5) is 0 Å². The fourth-order valence-electron chi connectivity index (χ4n) is 5.89. The molecule has 13 heteroatoms. The highest BCUT2D eigenvalue weighted by atomic mass is 16.2. The summed E-state index contributed by atoms with van der Waals surface area (Å²) in [5.41, 5.74) is 7.01. The van der Waals surface area contributed by atoms with Gasteiger partial charge in [0.15, 0.2) is 0 Å². The number of guanidine groups is 1. The smallest absolute Gasteiger partial charge is 0.244 e. The Balaban J connectivity index is 1.19. The van der Waals surface area contributed by atoms with E-state index in [-0.39, 0.29) is 24.4 Å². The molecule has 1 saturated heterocycles. The van der Waals surface area contributed by atoms with Crippen LogP contribution < -0.4 is 5.32 Å². The lowest BCUT2D eigenvalue weighted by atomic mass is 10.1. The van der Waals surface area contributed by atoms with E-state index in [4.69, 9.17) is 5.10 Å². The van der Waals surface area contributed by atoms with Crippen molar-refractivity contribution in [3.05, 3.63) is 70.4 Å². The maximum absolute atomic E-state index is 13.2. The number of hydrogen-bond donors (Lipinski definition) is 2. The molecule has 6 rings (SSSR count). The van der Waals surface area contributed by atoms with Crippen LogP contribution in [-0.4, -0.2) is 104 Å². The first-order valence-electron chi connectivity index (χ1n) is 14.6. The second-order valence-corrected chi connectivity index (χ2v) is 11.5. The topological polar surface area (TPSA) is 140 Å². The standard InChI is InChI=1S/C30H37N11O2/c1-20(14-32-30(31-2)33-23-12-21-6-4-5-7-22(21)13-23)24-15-41(36-26(24)16-39-11-10-38(3)28(42)18-39)19-29(43)40-9-8-25-27(17-40)35-37-34-25/h4-7,14-15,23H,2,8-13,16-19H2,1,3H3,(H,32,33)(H,34,35,37)/b20-14+. The van der Waals surface area contributed by atoms with Gasteiger partial charge in [-0.15, -0.1) is 5.10 Å². The summed E-state index contributed by atoms with van der Waals surface area (Å²) in [7, 11) is 1.82. The summed E-state index contributed by atoms with van der Waals surface area (Å²) in [6, 6.07) is 8.66. The lowest BCUT2D eigenvalue weighted by molar-refractivity contribution is -0.134. The molecule has 0 bridgehead atoms. The minimum atomic E-state index is -0.0383. The number of aromatic nitrogens is 5. The molecule has 0 saturated carbocycles. The monoisotopic (exact) mass is 583 g/mol. The van der Waals surface area contributed by atoms with E-state index in [1.165, 1.54) is 11.1 Å². The molecule has 0 atom stereocenters. The number of hydrogen-bond acceptors (Lipinski definition) is 7. The number of rotatable bonds is 7. The molecule has 4 heterocycles. The van der Waals surface area contributed by atoms with E-state index in [0.29, 0.717) is 45.1 Å². The van der Waals surface area contributed by atoms with Crippen LogP contribution in [0.15, 0.2) is 46.6 Å². The quantitative estimate of drug-likeness (QED) is 0.313. The zero-order chi connectivity index (χ0) is 29.9. The highest BCUT2D eigenvalue weighted by Crippen LogP contribution is 2.23. The van der Waals surface area contributed by atoms with Crippen LogP contribution in [0.3, 0.4) is 0 Å². The van der Waals surface area contributed by atoms with E-state index in [0.717, 1.165) is 47.6 Å². The molecule has 0 radical (unpaired) electrons. The average Bonchev–Trinajstić information content (AvgIpc) is 3.74. The molecule has 2 aromatic heterocycles. The molecule has 224 valence electrons. The Bertz CT molecular complexity index is 1560. The molecule has 3 aliphatic rings. The van der Waals surface area contributed by atoms with Crippen LogP contribution in [0.5, 0.6) is 0 Å². The summed E-state index contributed by atoms with van der Waals surface area (Å²) in [6.45, 7) is 9.05. The number of carbonyl (C=O) groups excluding carboxylic acids is 2. The van der Waals surface area contributed by atoms with Gasteiger partial charge in [-0.3, -0.25) is 24.3 Å². The molecular weight excluding hydrogens is 546 g/mol. The minimum Gasteiger partial charge on any atom is -0.351 e. The van der Waals surface area contributed by atoms with Gasteiger partial charge in [-0.05, 0) is 43.2 Å². The number of amides is 2. The summed E-state index contributed by atoms with van der Waals surface area (Å²) >= 11 is 0. The summed E-state index contributed by atoms with van der Waals surface area (Å²) < 4.78 is 1.69. The van der Waals surface area contributed by atoms with Gasteiger partial charge in [-0.2, -0.15) is 5.10 Å². The van der Waals surface area contributed by atoms with Crippen molar-refractivity contribution in [3.63, 3.8) is 0 Å². The van der Waals surface area contributed by atoms with Crippen molar-refractivity contribution in [3.8, 4) is 0 Å². The van der Waals surface area contributed by atoms with Gasteiger partial charge in [0, 0.05) is 63.6 Å². The zero-order valence-electron chi connectivity index (χ0n) is 24.7. The van der Waals surface area contributed by atoms with E-state index in [1.807, 2.05) is 20.2 Å². The predicted molar refractivity (Wildman–Crippen MR) is 162 cm³/mol. The van der Waals surface area contributed by atoms with E-state index in [9.17, 15) is 9.59 Å². The van der Waals surface area contributed by atoms with Crippen molar-refractivity contribution in [2.45, 2.75) is 51.9 Å². The molecule has 43 heavy (non-hydrogen) atoms. The van der Waals surface area contributed by atoms with Crippen LogP contribution >= 0.6 is 0 Å². The van der Waals surface area contributed by atoms with Crippen LogP contribution in [0.2, 0.25) is 0 Å². The first-order valence-corrected chi connectivity index (χ1v) is 14.6. The number of H-pyrrole nitrogens is 1. The number of aromatic amines is 1. The average molecular weight is 584 g/mol. The Hall–Kier alpha value is -4.65. The second kappa shape index (κ2) is 12.3. The number of carbonyl (C=O) groups is 2. The molecule has 2 amide bonds. The number of nitrogens with one attached hydrogen (secondary N) is 2. The minimum absolute atomic E-state index is 0.0383. The first-order chi connectivity index (χ1) is 20.9. The molecule has 2 N–H and O–H groups in total. The number of fused-ring (bicyclic) bond motifs is 2. The van der Waals surface area contributed by atoms with Gasteiger partial charge in [0.2, 0.25) is 17.8 Å². The van der Waals surface area contributed by atoms with Gasteiger partial charge in [-0.25, -0.2) is 9.98 Å². The number of likely N-dealkylation sites (N-methyl/N-ethyl adjacent to an activating group) is 1. The Morgan fingerprint density at radius 1 is 1.19 bits per heavy atom. The van der Waals surface area contributed by atoms with Crippen molar-refractivity contribution < 1.29 is 9.59 Å². The van der Waals surface area contributed by atoms with Crippen molar-refractivity contribution in [1.29, 1.82) is 0 Å². The van der Waals surface area contributed by atoms with E-state index in [1.54, 1.807) is 20.7 Å². The normalized spacial score (nSPS) is 18.1. The van der Waals surface area contributed by atoms with Crippen molar-refractivity contribution >= 4 is 30.1 Å². The largest absolute Gasteiger partial charge is 0.351 e. The van der Waals surface area contributed by atoms with Crippen molar-refractivity contribution in [2.24, 2.45) is 9.98 Å². The fourth-order valence-corrected chi connectivity index (χ4v) is 5.89. The summed E-state index contributed by atoms with van der Waals surface area (Å²) in [6.07, 6.45) is 6.17. The number of allylic oxidation sites excluding steroid dienone is 1. The van der Waals surface area contributed by atoms with Gasteiger partial charge in [0.1, 0.15) is 12.2 Å². The van der Waals surface area contributed by atoms with Gasteiger partial charge in [0.25, 0.3) is 0 Å². The van der Waals surface area contributed by atoms with Gasteiger partial charge >= 0.3 is 0 Å². The number of aliphatic imine (C=N–C) groups is 2. The molecule has 3 aromatic rings. The van der Waals surface area contributed by atoms with Crippen LogP contribution in [0.25, 0.3) is 5.57 Å². The number of piperazine rings is 1.